The highest BCUT2D eigenvalue weighted by atomic mass is 16.5. The van der Waals surface area contributed by atoms with Crippen molar-refractivity contribution in [1.29, 1.82) is 0 Å². The summed E-state index contributed by atoms with van der Waals surface area (Å²) in [7, 11) is 0. The molecule has 2 N–H and O–H groups in total. The Labute approximate surface area is 104 Å². The molecule has 98 valence electrons. The maximum Gasteiger partial charge on any atom is 0.325 e. The number of carbonyl (C=O) groups is 1. The highest BCUT2D eigenvalue weighted by Gasteiger charge is 2.34. The molecule has 1 amide bonds. The van der Waals surface area contributed by atoms with E-state index in [9.17, 15) is 4.79 Å². The largest absolute Gasteiger partial charge is 0.405 e. The van der Waals surface area contributed by atoms with Gasteiger partial charge in [-0.1, -0.05) is 5.10 Å². The van der Waals surface area contributed by atoms with Crippen LogP contribution in [0.3, 0.4) is 0 Å². The van der Waals surface area contributed by atoms with Gasteiger partial charge in [-0.15, -0.1) is 5.10 Å². The summed E-state index contributed by atoms with van der Waals surface area (Å²) in [6, 6.07) is 0.265. The van der Waals surface area contributed by atoms with Gasteiger partial charge in [0.2, 0.25) is 11.8 Å². The second-order valence-corrected chi connectivity index (χ2v) is 4.73. The Morgan fingerprint density at radius 1 is 1.44 bits per heavy atom. The summed E-state index contributed by atoms with van der Waals surface area (Å²) in [6.45, 7) is 1.78. The maximum atomic E-state index is 11.8. The second kappa shape index (κ2) is 4.66. The summed E-state index contributed by atoms with van der Waals surface area (Å²) in [5, 5.41) is 7.89. The number of hydrogen-bond donors (Lipinski definition) is 1. The molecule has 0 spiro atoms. The third kappa shape index (κ3) is 1.99. The molecule has 3 heterocycles. The van der Waals surface area contributed by atoms with Crippen LogP contribution in [0.15, 0.2) is 4.42 Å². The van der Waals surface area contributed by atoms with Gasteiger partial charge < -0.3 is 14.9 Å². The van der Waals surface area contributed by atoms with Gasteiger partial charge in [0, 0.05) is 19.6 Å². The standard InChI is InChI=1S/C11H16N4O3/c12-5-7-4-9(16)15(6-7)11-14-13-10(18-11)8-2-1-3-17-8/h7-8H,1-6,12H2. The average molecular weight is 252 g/mol. The Morgan fingerprint density at radius 2 is 2.33 bits per heavy atom. The van der Waals surface area contributed by atoms with Crippen LogP contribution in [-0.2, 0) is 9.53 Å². The lowest BCUT2D eigenvalue weighted by Crippen LogP contribution is -2.26. The first-order valence-electron chi connectivity index (χ1n) is 6.23. The van der Waals surface area contributed by atoms with Crippen molar-refractivity contribution in [2.45, 2.75) is 25.4 Å². The minimum Gasteiger partial charge on any atom is -0.405 e. The van der Waals surface area contributed by atoms with Crippen LogP contribution >= 0.6 is 0 Å². The van der Waals surface area contributed by atoms with E-state index in [-0.39, 0.29) is 23.9 Å². The molecule has 0 radical (unpaired) electrons. The first-order valence-corrected chi connectivity index (χ1v) is 6.23. The molecule has 7 nitrogen and oxygen atoms in total. The monoisotopic (exact) mass is 252 g/mol. The van der Waals surface area contributed by atoms with E-state index in [0.717, 1.165) is 19.4 Å². The fourth-order valence-corrected chi connectivity index (χ4v) is 2.36. The number of rotatable bonds is 3. The van der Waals surface area contributed by atoms with E-state index in [1.54, 1.807) is 0 Å². The lowest BCUT2D eigenvalue weighted by atomic mass is 10.1. The third-order valence-electron chi connectivity index (χ3n) is 3.40. The Balaban J connectivity index is 1.74. The van der Waals surface area contributed by atoms with Crippen molar-refractivity contribution >= 4 is 11.9 Å². The van der Waals surface area contributed by atoms with Crippen molar-refractivity contribution < 1.29 is 13.9 Å². The summed E-state index contributed by atoms with van der Waals surface area (Å²) in [6.07, 6.45) is 2.23. The molecular formula is C11H16N4O3. The van der Waals surface area contributed by atoms with Crippen molar-refractivity contribution in [2.75, 3.05) is 24.6 Å². The molecule has 0 saturated carbocycles. The van der Waals surface area contributed by atoms with E-state index in [2.05, 4.69) is 10.2 Å². The number of anilines is 1. The smallest absolute Gasteiger partial charge is 0.325 e. The van der Waals surface area contributed by atoms with Gasteiger partial charge in [-0.05, 0) is 25.3 Å². The van der Waals surface area contributed by atoms with E-state index in [0.29, 0.717) is 25.4 Å². The Morgan fingerprint density at radius 3 is 3.00 bits per heavy atom. The van der Waals surface area contributed by atoms with E-state index in [1.807, 2.05) is 0 Å². The molecule has 2 saturated heterocycles. The Hall–Kier alpha value is -1.47. The molecule has 0 aromatic carbocycles. The molecule has 0 aliphatic carbocycles. The summed E-state index contributed by atoms with van der Waals surface area (Å²) in [5.41, 5.74) is 5.58. The quantitative estimate of drug-likeness (QED) is 0.827. The van der Waals surface area contributed by atoms with Gasteiger partial charge in [-0.2, -0.15) is 0 Å². The molecule has 2 atom stereocenters. The van der Waals surface area contributed by atoms with Crippen molar-refractivity contribution in [3.63, 3.8) is 0 Å². The molecule has 1 aromatic rings. The SMILES string of the molecule is NCC1CC(=O)N(c2nnc(C3CCCO3)o2)C1. The number of nitrogens with zero attached hydrogens (tertiary/aromatic N) is 3. The van der Waals surface area contributed by atoms with E-state index in [4.69, 9.17) is 14.9 Å². The zero-order valence-electron chi connectivity index (χ0n) is 10.0. The second-order valence-electron chi connectivity index (χ2n) is 4.73. The van der Waals surface area contributed by atoms with Crippen LogP contribution in [0, 0.1) is 5.92 Å². The first kappa shape index (κ1) is 11.6. The molecule has 1 aromatic heterocycles. The van der Waals surface area contributed by atoms with Crippen molar-refractivity contribution in [1.82, 2.24) is 10.2 Å². The summed E-state index contributed by atoms with van der Waals surface area (Å²) < 4.78 is 11.0. The minimum absolute atomic E-state index is 0.00649. The van der Waals surface area contributed by atoms with Gasteiger partial charge in [-0.3, -0.25) is 9.69 Å². The van der Waals surface area contributed by atoms with Crippen molar-refractivity contribution in [3.05, 3.63) is 5.89 Å². The normalized spacial score (nSPS) is 28.3. The summed E-state index contributed by atoms with van der Waals surface area (Å²) in [5.74, 6) is 0.634. The number of hydrogen-bond acceptors (Lipinski definition) is 6. The van der Waals surface area contributed by atoms with Crippen molar-refractivity contribution in [2.24, 2.45) is 11.7 Å². The van der Waals surface area contributed by atoms with Crippen LogP contribution in [0.25, 0.3) is 0 Å². The number of carbonyl (C=O) groups excluding carboxylic acids is 1. The zero-order chi connectivity index (χ0) is 12.5. The first-order chi connectivity index (χ1) is 8.78. The zero-order valence-corrected chi connectivity index (χ0v) is 10.0. The van der Waals surface area contributed by atoms with Crippen LogP contribution < -0.4 is 10.6 Å². The average Bonchev–Trinajstić information content (AvgIpc) is 3.08. The predicted octanol–water partition coefficient (Wildman–Crippen LogP) is 0.233. The van der Waals surface area contributed by atoms with Gasteiger partial charge in [0.25, 0.3) is 0 Å². The van der Waals surface area contributed by atoms with Gasteiger partial charge >= 0.3 is 6.01 Å². The van der Waals surface area contributed by atoms with E-state index >= 15 is 0 Å². The van der Waals surface area contributed by atoms with Crippen LogP contribution in [0.1, 0.15) is 31.3 Å². The fraction of sp³-hybridized carbons (Fsp3) is 0.727. The number of nitrogens with two attached hydrogens (primary N) is 1. The molecule has 3 rings (SSSR count). The highest BCUT2D eigenvalue weighted by molar-refractivity contribution is 5.93. The molecular weight excluding hydrogens is 236 g/mol. The number of ether oxygens (including phenoxy) is 1. The summed E-state index contributed by atoms with van der Waals surface area (Å²) >= 11 is 0. The van der Waals surface area contributed by atoms with Gasteiger partial charge in [0.1, 0.15) is 6.10 Å². The molecule has 2 unspecified atom stereocenters. The third-order valence-corrected chi connectivity index (χ3v) is 3.40. The molecule has 7 heteroatoms. The van der Waals surface area contributed by atoms with Crippen LogP contribution in [0.4, 0.5) is 6.01 Å². The van der Waals surface area contributed by atoms with Gasteiger partial charge in [-0.25, -0.2) is 0 Å². The molecule has 2 aliphatic rings. The minimum atomic E-state index is -0.116. The molecule has 2 aliphatic heterocycles. The molecule has 18 heavy (non-hydrogen) atoms. The van der Waals surface area contributed by atoms with Crippen molar-refractivity contribution in [3.8, 4) is 0 Å². The lowest BCUT2D eigenvalue weighted by molar-refractivity contribution is -0.117. The number of amides is 1. The topological polar surface area (TPSA) is 94.5 Å². The Kier molecular flexibility index (Phi) is 3.00. The fourth-order valence-electron chi connectivity index (χ4n) is 2.36. The predicted molar refractivity (Wildman–Crippen MR) is 61.7 cm³/mol. The van der Waals surface area contributed by atoms with E-state index in [1.165, 1.54) is 4.90 Å². The Bertz CT molecular complexity index is 441. The molecule has 2 fully saturated rings. The van der Waals surface area contributed by atoms with Crippen LogP contribution in [0.2, 0.25) is 0 Å². The van der Waals surface area contributed by atoms with Crippen LogP contribution in [-0.4, -0.2) is 35.8 Å². The lowest BCUT2D eigenvalue weighted by Gasteiger charge is -2.10. The highest BCUT2D eigenvalue weighted by Crippen LogP contribution is 2.30. The van der Waals surface area contributed by atoms with Crippen LogP contribution in [0.5, 0.6) is 0 Å². The molecule has 0 bridgehead atoms. The van der Waals surface area contributed by atoms with Gasteiger partial charge in [0.05, 0.1) is 0 Å². The summed E-state index contributed by atoms with van der Waals surface area (Å²) in [4.78, 5) is 13.3. The van der Waals surface area contributed by atoms with E-state index < -0.39 is 0 Å². The number of aromatic nitrogens is 2. The maximum absolute atomic E-state index is 11.8. The van der Waals surface area contributed by atoms with Gasteiger partial charge in [0.15, 0.2) is 0 Å².